The van der Waals surface area contributed by atoms with Gasteiger partial charge in [-0.15, -0.1) is 12.8 Å². The molecule has 0 aromatic rings. The Hall–Kier alpha value is -0.440. The van der Waals surface area contributed by atoms with Gasteiger partial charge in [-0.25, -0.2) is 0 Å². The summed E-state index contributed by atoms with van der Waals surface area (Å²) in [5.74, 6) is 4.71. The van der Waals surface area contributed by atoms with E-state index in [1.165, 1.54) is 12.8 Å². The van der Waals surface area contributed by atoms with Gasteiger partial charge in [-0.05, 0) is 42.4 Å². The zero-order valence-electron chi connectivity index (χ0n) is 12.5. The van der Waals surface area contributed by atoms with E-state index in [1.807, 2.05) is 13.8 Å². The van der Waals surface area contributed by atoms with E-state index in [0.717, 1.165) is 29.6 Å². The summed E-state index contributed by atoms with van der Waals surface area (Å²) in [5.41, 5.74) is 0. The molecule has 0 bridgehead atoms. The molecule has 16 heavy (non-hydrogen) atoms. The average molecular weight is 224 g/mol. The van der Waals surface area contributed by atoms with Crippen LogP contribution in [0.5, 0.6) is 0 Å². The highest BCUT2D eigenvalue weighted by Gasteiger charge is 2.32. The monoisotopic (exact) mass is 224 g/mol. The van der Waals surface area contributed by atoms with Gasteiger partial charge in [0.25, 0.3) is 0 Å². The summed E-state index contributed by atoms with van der Waals surface area (Å²) >= 11 is 0. The van der Waals surface area contributed by atoms with E-state index in [4.69, 9.17) is 0 Å². The van der Waals surface area contributed by atoms with Gasteiger partial charge in [0.15, 0.2) is 0 Å². The van der Waals surface area contributed by atoms with Crippen molar-refractivity contribution < 1.29 is 0 Å². The summed E-state index contributed by atoms with van der Waals surface area (Å²) in [6.45, 7) is 16.0. The quantitative estimate of drug-likeness (QED) is 0.535. The number of hydrogen-bond acceptors (Lipinski definition) is 0. The fraction of sp³-hybridized carbons (Fsp3) is 0.875. The van der Waals surface area contributed by atoms with Gasteiger partial charge >= 0.3 is 0 Å². The van der Waals surface area contributed by atoms with Gasteiger partial charge < -0.3 is 0 Å². The molecule has 0 N–H and O–H groups in total. The highest BCUT2D eigenvalue weighted by Crippen LogP contribution is 2.40. The Kier molecular flexibility index (Phi) is 10.9. The topological polar surface area (TPSA) is 0 Å². The van der Waals surface area contributed by atoms with Crippen molar-refractivity contribution in [1.29, 1.82) is 0 Å². The van der Waals surface area contributed by atoms with E-state index < -0.39 is 0 Å². The Morgan fingerprint density at radius 1 is 0.938 bits per heavy atom. The molecule has 0 aliphatic heterocycles. The first-order chi connectivity index (χ1) is 7.52. The molecule has 0 saturated heterocycles. The number of hydrogen-bond donors (Lipinski definition) is 0. The molecule has 96 valence electrons. The molecule has 1 aliphatic carbocycles. The van der Waals surface area contributed by atoms with Crippen LogP contribution < -0.4 is 0 Å². The van der Waals surface area contributed by atoms with Crippen molar-refractivity contribution >= 4 is 0 Å². The van der Waals surface area contributed by atoms with Crippen molar-refractivity contribution in [2.45, 2.75) is 61.3 Å². The molecule has 0 aromatic heterocycles. The van der Waals surface area contributed by atoms with Gasteiger partial charge in [-0.2, -0.15) is 0 Å². The van der Waals surface area contributed by atoms with E-state index in [0.29, 0.717) is 0 Å². The summed E-state index contributed by atoms with van der Waals surface area (Å²) in [6.07, 6.45) is 10.9. The van der Waals surface area contributed by atoms with Crippen molar-refractivity contribution in [3.8, 4) is 12.8 Å². The molecule has 1 rings (SSSR count). The lowest BCUT2D eigenvalue weighted by Gasteiger charge is -2.40. The SMILES string of the molecule is C#C.CC.CC1CC(C)C(C)C(C(C)C)C1. The van der Waals surface area contributed by atoms with Gasteiger partial charge in [0.1, 0.15) is 0 Å². The Labute approximate surface area is 104 Å². The van der Waals surface area contributed by atoms with Crippen molar-refractivity contribution in [2.24, 2.45) is 29.6 Å². The second kappa shape index (κ2) is 9.76. The molecule has 0 spiro atoms. The van der Waals surface area contributed by atoms with E-state index >= 15 is 0 Å². The van der Waals surface area contributed by atoms with Crippen LogP contribution in [-0.4, -0.2) is 0 Å². The predicted octanol–water partition coefficient (Wildman–Crippen LogP) is 5.24. The number of terminal acetylenes is 1. The minimum absolute atomic E-state index is 0.880. The molecule has 0 heteroatoms. The lowest BCUT2D eigenvalue weighted by Crippen LogP contribution is -2.31. The molecule has 1 saturated carbocycles. The summed E-state index contributed by atoms with van der Waals surface area (Å²) < 4.78 is 0. The summed E-state index contributed by atoms with van der Waals surface area (Å²) in [6, 6.07) is 0. The van der Waals surface area contributed by atoms with Crippen LogP contribution in [0.2, 0.25) is 0 Å². The molecule has 1 aliphatic rings. The highest BCUT2D eigenvalue weighted by atomic mass is 14.4. The smallest absolute Gasteiger partial charge is 0.0360 e. The van der Waals surface area contributed by atoms with E-state index in [-0.39, 0.29) is 0 Å². The summed E-state index contributed by atoms with van der Waals surface area (Å²) in [5, 5.41) is 0. The fourth-order valence-electron chi connectivity index (χ4n) is 2.93. The van der Waals surface area contributed by atoms with Crippen molar-refractivity contribution in [3.05, 3.63) is 0 Å². The predicted molar refractivity (Wildman–Crippen MR) is 76.3 cm³/mol. The van der Waals surface area contributed by atoms with Crippen LogP contribution in [-0.2, 0) is 0 Å². The molecule has 4 unspecified atom stereocenters. The van der Waals surface area contributed by atoms with E-state index in [9.17, 15) is 0 Å². The molecule has 1 fully saturated rings. The first-order valence-corrected chi connectivity index (χ1v) is 6.85. The van der Waals surface area contributed by atoms with Gasteiger partial charge in [0, 0.05) is 0 Å². The fourth-order valence-corrected chi connectivity index (χ4v) is 2.93. The van der Waals surface area contributed by atoms with Crippen molar-refractivity contribution in [2.75, 3.05) is 0 Å². The van der Waals surface area contributed by atoms with Crippen LogP contribution in [0.25, 0.3) is 0 Å². The van der Waals surface area contributed by atoms with Crippen LogP contribution in [0.4, 0.5) is 0 Å². The first kappa shape index (κ1) is 17.9. The minimum atomic E-state index is 0.880. The second-order valence-electron chi connectivity index (χ2n) is 5.32. The zero-order valence-corrected chi connectivity index (χ0v) is 12.5. The zero-order chi connectivity index (χ0) is 13.3. The molecule has 0 nitrogen and oxygen atoms in total. The normalized spacial score (nSPS) is 33.1. The van der Waals surface area contributed by atoms with Gasteiger partial charge in [-0.3, -0.25) is 0 Å². The maximum atomic E-state index is 4.00. The molecule has 0 amide bonds. The molecule has 0 aromatic carbocycles. The standard InChI is InChI=1S/C12H24.C2H6.C2H2/c1-8(2)12-7-9(3)6-10(4)11(12)5;2*1-2/h8-12H,6-7H2,1-5H3;1-2H3;1-2H. The largest absolute Gasteiger partial charge is 0.124 e. The molecule has 0 radical (unpaired) electrons. The van der Waals surface area contributed by atoms with Crippen molar-refractivity contribution in [3.63, 3.8) is 0 Å². The lowest BCUT2D eigenvalue weighted by molar-refractivity contribution is 0.102. The van der Waals surface area contributed by atoms with Gasteiger partial charge in [0.2, 0.25) is 0 Å². The van der Waals surface area contributed by atoms with Crippen LogP contribution in [0.3, 0.4) is 0 Å². The third-order valence-corrected chi connectivity index (χ3v) is 3.88. The van der Waals surface area contributed by atoms with Crippen LogP contribution in [0.1, 0.15) is 61.3 Å². The second-order valence-corrected chi connectivity index (χ2v) is 5.32. The molecule has 0 heterocycles. The number of rotatable bonds is 1. The van der Waals surface area contributed by atoms with Crippen LogP contribution in [0.15, 0.2) is 0 Å². The van der Waals surface area contributed by atoms with Crippen LogP contribution in [0, 0.1) is 42.4 Å². The Morgan fingerprint density at radius 2 is 1.38 bits per heavy atom. The van der Waals surface area contributed by atoms with Gasteiger partial charge in [0.05, 0.1) is 0 Å². The maximum absolute atomic E-state index is 4.00. The van der Waals surface area contributed by atoms with E-state index in [2.05, 4.69) is 47.5 Å². The highest BCUT2D eigenvalue weighted by molar-refractivity contribution is 4.81. The third kappa shape index (κ3) is 5.59. The van der Waals surface area contributed by atoms with Crippen molar-refractivity contribution in [1.82, 2.24) is 0 Å². The molecular weight excluding hydrogens is 192 g/mol. The Morgan fingerprint density at radius 3 is 1.75 bits per heavy atom. The molecular formula is C16H32. The first-order valence-electron chi connectivity index (χ1n) is 6.85. The lowest BCUT2D eigenvalue weighted by atomic mass is 9.66. The Bertz CT molecular complexity index is 166. The molecule has 4 atom stereocenters. The minimum Gasteiger partial charge on any atom is -0.124 e. The van der Waals surface area contributed by atoms with Gasteiger partial charge in [-0.1, -0.05) is 48.5 Å². The summed E-state index contributed by atoms with van der Waals surface area (Å²) in [7, 11) is 0. The summed E-state index contributed by atoms with van der Waals surface area (Å²) in [4.78, 5) is 0. The maximum Gasteiger partial charge on any atom is -0.0360 e. The van der Waals surface area contributed by atoms with Crippen LogP contribution >= 0.6 is 0 Å². The third-order valence-electron chi connectivity index (χ3n) is 3.88. The Balaban J connectivity index is 0. The van der Waals surface area contributed by atoms with E-state index in [1.54, 1.807) is 0 Å². The average Bonchev–Trinajstić information content (AvgIpc) is 2.28.